The molecule has 0 aliphatic carbocycles. The van der Waals surface area contributed by atoms with Gasteiger partial charge in [-0.3, -0.25) is 0 Å². The summed E-state index contributed by atoms with van der Waals surface area (Å²) in [5, 5.41) is 18.9. The largest absolute Gasteiger partial charge is 0.311 e. The van der Waals surface area contributed by atoms with Crippen molar-refractivity contribution in [2.45, 2.75) is 0 Å². The van der Waals surface area contributed by atoms with E-state index in [1.807, 2.05) is 60.7 Å². The molecule has 0 spiro atoms. The van der Waals surface area contributed by atoms with Crippen LogP contribution in [0.2, 0.25) is 0 Å². The molecule has 8 nitrogen and oxygen atoms in total. The van der Waals surface area contributed by atoms with Crippen molar-refractivity contribution in [2.75, 3.05) is 9.80 Å². The van der Waals surface area contributed by atoms with Crippen LogP contribution in [0.3, 0.4) is 0 Å². The van der Waals surface area contributed by atoms with E-state index in [1.165, 1.54) is 22.3 Å². The van der Waals surface area contributed by atoms with Crippen LogP contribution in [0.5, 0.6) is 0 Å². The maximum Gasteiger partial charge on any atom is 0.113 e. The Balaban J connectivity index is 0.857. The van der Waals surface area contributed by atoms with E-state index in [9.17, 15) is 0 Å². The average Bonchev–Trinajstić information content (AvgIpc) is 4.06. The molecular weight excluding hydrogens is 833 g/mol. The molecule has 8 heteroatoms. The number of aromatic nitrogens is 6. The molecule has 0 bridgehead atoms. The molecule has 12 aromatic rings. The van der Waals surface area contributed by atoms with Crippen LogP contribution in [0, 0.1) is 0 Å². The quantitative estimate of drug-likeness (QED) is 0.129. The van der Waals surface area contributed by atoms with E-state index in [0.29, 0.717) is 0 Å². The zero-order chi connectivity index (χ0) is 45.2. The topological polar surface area (TPSA) is 67.9 Å². The monoisotopic (exact) mass is 874 g/mol. The Morgan fingerprint density at radius 2 is 0.412 bits per heavy atom. The third kappa shape index (κ3) is 7.92. The lowest BCUT2D eigenvalue weighted by Crippen LogP contribution is -2.10. The second kappa shape index (κ2) is 17.5. The summed E-state index contributed by atoms with van der Waals surface area (Å²) < 4.78 is 0. The first-order valence-corrected chi connectivity index (χ1v) is 22.6. The molecule has 0 aliphatic rings. The molecule has 0 N–H and O–H groups in total. The van der Waals surface area contributed by atoms with Crippen LogP contribution in [0.15, 0.2) is 255 Å². The first-order valence-electron chi connectivity index (χ1n) is 22.6. The van der Waals surface area contributed by atoms with Gasteiger partial charge in [0.25, 0.3) is 0 Å². The Bertz CT molecular complexity index is 3310. The van der Waals surface area contributed by atoms with Crippen molar-refractivity contribution >= 4 is 56.2 Å². The number of fused-ring (bicyclic) bond motifs is 2. The van der Waals surface area contributed by atoms with Crippen molar-refractivity contribution < 1.29 is 0 Å². The van der Waals surface area contributed by atoms with Crippen molar-refractivity contribution in [2.24, 2.45) is 0 Å². The molecular formula is C60H42N8. The molecule has 10 aromatic carbocycles. The summed E-state index contributed by atoms with van der Waals surface area (Å²) in [5.74, 6) is 0. The van der Waals surface area contributed by atoms with Gasteiger partial charge in [-0.25, -0.2) is 0 Å². The van der Waals surface area contributed by atoms with E-state index in [1.54, 1.807) is 9.59 Å². The zero-order valence-corrected chi connectivity index (χ0v) is 36.8. The highest BCUT2D eigenvalue weighted by Crippen LogP contribution is 2.40. The molecule has 0 atom stereocenters. The highest BCUT2D eigenvalue weighted by molar-refractivity contribution is 5.83. The Morgan fingerprint density at radius 1 is 0.206 bits per heavy atom. The maximum absolute atomic E-state index is 4.71. The summed E-state index contributed by atoms with van der Waals surface area (Å²) in [5.41, 5.74) is 18.4. The second-order valence-corrected chi connectivity index (χ2v) is 16.6. The molecule has 0 saturated heterocycles. The van der Waals surface area contributed by atoms with E-state index in [4.69, 9.17) is 20.4 Å². The molecule has 12 rings (SSSR count). The van der Waals surface area contributed by atoms with Crippen LogP contribution < -0.4 is 9.80 Å². The smallest absolute Gasteiger partial charge is 0.113 e. The van der Waals surface area contributed by atoms with Gasteiger partial charge >= 0.3 is 0 Å². The first kappa shape index (κ1) is 40.1. The van der Waals surface area contributed by atoms with Gasteiger partial charge in [0.05, 0.1) is 11.4 Å². The lowest BCUT2D eigenvalue weighted by Gasteiger charge is -2.26. The summed E-state index contributed by atoms with van der Waals surface area (Å²) in [6.45, 7) is 0. The Morgan fingerprint density at radius 3 is 0.662 bits per heavy atom. The minimum absolute atomic E-state index is 0.862. The van der Waals surface area contributed by atoms with Gasteiger partial charge < -0.3 is 9.80 Å². The van der Waals surface area contributed by atoms with Crippen LogP contribution in [0.4, 0.5) is 34.1 Å². The number of hydrogen-bond acceptors (Lipinski definition) is 6. The number of anilines is 6. The summed E-state index contributed by atoms with van der Waals surface area (Å²) in [4.78, 5) is 7.97. The normalized spacial score (nSPS) is 11.2. The molecule has 0 saturated carbocycles. The summed E-state index contributed by atoms with van der Waals surface area (Å²) in [6, 6.07) is 88.8. The average molecular weight is 875 g/mol. The van der Waals surface area contributed by atoms with Gasteiger partial charge in [0.15, 0.2) is 0 Å². The summed E-state index contributed by atoms with van der Waals surface area (Å²) in [6.07, 6.45) is 0. The fourth-order valence-corrected chi connectivity index (χ4v) is 8.79. The van der Waals surface area contributed by atoms with Crippen molar-refractivity contribution in [3.63, 3.8) is 0 Å². The van der Waals surface area contributed by atoms with E-state index in [-0.39, 0.29) is 0 Å². The summed E-state index contributed by atoms with van der Waals surface area (Å²) in [7, 11) is 0. The fraction of sp³-hybridized carbons (Fsp3) is 0. The molecule has 0 aliphatic heterocycles. The third-order valence-electron chi connectivity index (χ3n) is 12.3. The number of benzene rings is 10. The van der Waals surface area contributed by atoms with Crippen LogP contribution >= 0.6 is 0 Å². The molecule has 0 fully saturated rings. The van der Waals surface area contributed by atoms with Gasteiger partial charge in [-0.15, -0.1) is 20.4 Å². The van der Waals surface area contributed by atoms with Crippen LogP contribution in [0.1, 0.15) is 0 Å². The van der Waals surface area contributed by atoms with Gasteiger partial charge in [-0.2, -0.15) is 9.59 Å². The van der Waals surface area contributed by atoms with Gasteiger partial charge in [0.2, 0.25) is 0 Å². The highest BCUT2D eigenvalue weighted by Gasteiger charge is 2.17. The lowest BCUT2D eigenvalue weighted by atomic mass is 10.0. The standard InChI is InChI=1S/C60H42N8/c1-3-11-43(12-4-1)45-19-27-49(28-20-45)65(53-35-39-55(40-36-53)67-61-57-15-7-8-16-58(57)62-67)51-31-23-47(24-32-51)48-25-33-52(34-26-48)66(50-29-21-46(22-30-50)44-13-5-2-6-14-44)54-37-41-56(42-38-54)68-63-59-17-9-10-18-60(59)64-68/h1-42H. The van der Waals surface area contributed by atoms with Gasteiger partial charge in [-0.1, -0.05) is 133 Å². The Labute approximate surface area is 393 Å². The number of hydrogen-bond donors (Lipinski definition) is 0. The molecule has 322 valence electrons. The lowest BCUT2D eigenvalue weighted by molar-refractivity contribution is 0.765. The molecule has 68 heavy (non-hydrogen) atoms. The minimum atomic E-state index is 0.862. The van der Waals surface area contributed by atoms with Crippen molar-refractivity contribution in [1.29, 1.82) is 0 Å². The van der Waals surface area contributed by atoms with Crippen LogP contribution in [-0.4, -0.2) is 30.0 Å². The van der Waals surface area contributed by atoms with Crippen LogP contribution in [-0.2, 0) is 0 Å². The van der Waals surface area contributed by atoms with Crippen molar-refractivity contribution in [3.05, 3.63) is 255 Å². The van der Waals surface area contributed by atoms with E-state index >= 15 is 0 Å². The number of rotatable bonds is 11. The minimum Gasteiger partial charge on any atom is -0.311 e. The fourth-order valence-electron chi connectivity index (χ4n) is 8.79. The zero-order valence-electron chi connectivity index (χ0n) is 36.8. The van der Waals surface area contributed by atoms with Crippen LogP contribution in [0.25, 0.3) is 66.8 Å². The molecule has 2 aromatic heterocycles. The Hall–Kier alpha value is -9.40. The maximum atomic E-state index is 4.71. The summed E-state index contributed by atoms with van der Waals surface area (Å²) >= 11 is 0. The Kier molecular flexibility index (Phi) is 10.3. The highest BCUT2D eigenvalue weighted by atomic mass is 15.5. The predicted molar refractivity (Wildman–Crippen MR) is 277 cm³/mol. The van der Waals surface area contributed by atoms with E-state index < -0.39 is 0 Å². The van der Waals surface area contributed by atoms with Gasteiger partial charge in [-0.05, 0) is 155 Å². The van der Waals surface area contributed by atoms with Crippen molar-refractivity contribution in [1.82, 2.24) is 30.0 Å². The first-order chi connectivity index (χ1) is 33.7. The van der Waals surface area contributed by atoms with E-state index in [0.717, 1.165) is 78.7 Å². The van der Waals surface area contributed by atoms with Crippen molar-refractivity contribution in [3.8, 4) is 44.8 Å². The predicted octanol–water partition coefficient (Wildman–Crippen LogP) is 15.1. The second-order valence-electron chi connectivity index (χ2n) is 16.6. The molecule has 0 unspecified atom stereocenters. The number of nitrogens with zero attached hydrogens (tertiary/aromatic N) is 8. The molecule has 2 heterocycles. The van der Waals surface area contributed by atoms with Gasteiger partial charge in [0.1, 0.15) is 22.1 Å². The molecule has 0 amide bonds. The SMILES string of the molecule is c1ccc(-c2ccc(N(c3ccc(-c4ccc(N(c5ccc(-c6ccccc6)cc5)c5ccc(-n6nc7ccccc7n6)cc5)cc4)cc3)c3ccc(-n4nc5ccccc5n4)cc3)cc2)cc1. The van der Waals surface area contributed by atoms with Gasteiger partial charge in [0, 0.05) is 34.1 Å². The molecule has 0 radical (unpaired) electrons. The third-order valence-corrected chi connectivity index (χ3v) is 12.3. The van der Waals surface area contributed by atoms with E-state index in [2.05, 4.69) is 204 Å².